The second kappa shape index (κ2) is 4.44. The largest absolute Gasteiger partial charge is 0.465 e. The van der Waals surface area contributed by atoms with Crippen molar-refractivity contribution in [2.24, 2.45) is 5.41 Å². The third kappa shape index (κ3) is 2.05. The van der Waals surface area contributed by atoms with Gasteiger partial charge in [0.2, 0.25) is 5.91 Å². The molecule has 14 heavy (non-hydrogen) atoms. The number of carbonyl (C=O) groups is 2. The molecule has 1 rings (SSSR count). The van der Waals surface area contributed by atoms with Crippen LogP contribution in [-0.2, 0) is 14.3 Å². The maximum atomic E-state index is 11.6. The lowest BCUT2D eigenvalue weighted by atomic mass is 10.1. The van der Waals surface area contributed by atoms with Crippen molar-refractivity contribution in [2.75, 3.05) is 13.2 Å². The van der Waals surface area contributed by atoms with Crippen molar-refractivity contribution in [3.63, 3.8) is 0 Å². The molecule has 0 aromatic heterocycles. The fourth-order valence-electron chi connectivity index (χ4n) is 1.33. The van der Waals surface area contributed by atoms with E-state index in [1.54, 1.807) is 6.92 Å². The SMILES string of the molecule is CCCNC(=O)C1(C(=O)OCC)CC1. The molecule has 0 bridgehead atoms. The molecule has 80 valence electrons. The molecule has 4 heteroatoms. The van der Waals surface area contributed by atoms with Gasteiger partial charge in [-0.05, 0) is 26.2 Å². The Morgan fingerprint density at radius 3 is 2.43 bits per heavy atom. The molecule has 0 atom stereocenters. The monoisotopic (exact) mass is 199 g/mol. The van der Waals surface area contributed by atoms with Crippen LogP contribution < -0.4 is 5.32 Å². The Bertz CT molecular complexity index is 234. The van der Waals surface area contributed by atoms with Crippen molar-refractivity contribution in [3.8, 4) is 0 Å². The molecule has 1 aliphatic carbocycles. The van der Waals surface area contributed by atoms with E-state index in [2.05, 4.69) is 5.32 Å². The van der Waals surface area contributed by atoms with Crippen LogP contribution in [0.15, 0.2) is 0 Å². The van der Waals surface area contributed by atoms with Gasteiger partial charge >= 0.3 is 5.97 Å². The first-order chi connectivity index (χ1) is 6.67. The van der Waals surface area contributed by atoms with E-state index < -0.39 is 5.41 Å². The molecule has 1 aliphatic rings. The second-order valence-electron chi connectivity index (χ2n) is 3.56. The number of carbonyl (C=O) groups excluding carboxylic acids is 2. The maximum Gasteiger partial charge on any atom is 0.321 e. The van der Waals surface area contributed by atoms with Gasteiger partial charge in [0.25, 0.3) is 0 Å². The highest BCUT2D eigenvalue weighted by atomic mass is 16.5. The van der Waals surface area contributed by atoms with Gasteiger partial charge in [0, 0.05) is 6.54 Å². The lowest BCUT2D eigenvalue weighted by molar-refractivity contribution is -0.154. The zero-order valence-corrected chi connectivity index (χ0v) is 8.76. The number of ether oxygens (including phenoxy) is 1. The van der Waals surface area contributed by atoms with Crippen molar-refractivity contribution in [2.45, 2.75) is 33.1 Å². The molecule has 0 unspecified atom stereocenters. The molecule has 4 nitrogen and oxygen atoms in total. The highest BCUT2D eigenvalue weighted by molar-refractivity contribution is 6.05. The topological polar surface area (TPSA) is 55.4 Å². The summed E-state index contributed by atoms with van der Waals surface area (Å²) >= 11 is 0. The van der Waals surface area contributed by atoms with Crippen molar-refractivity contribution in [3.05, 3.63) is 0 Å². The average Bonchev–Trinajstić information content (AvgIpc) is 2.95. The second-order valence-corrected chi connectivity index (χ2v) is 3.56. The summed E-state index contributed by atoms with van der Waals surface area (Å²) in [5.74, 6) is -0.536. The summed E-state index contributed by atoms with van der Waals surface area (Å²) in [6, 6.07) is 0. The summed E-state index contributed by atoms with van der Waals surface area (Å²) < 4.78 is 4.87. The smallest absolute Gasteiger partial charge is 0.321 e. The molecule has 1 saturated carbocycles. The first-order valence-corrected chi connectivity index (χ1v) is 5.13. The molecule has 1 amide bonds. The molecular formula is C10H17NO3. The predicted molar refractivity (Wildman–Crippen MR) is 51.6 cm³/mol. The molecule has 0 heterocycles. The van der Waals surface area contributed by atoms with Crippen molar-refractivity contribution in [1.29, 1.82) is 0 Å². The minimum atomic E-state index is -0.842. The Morgan fingerprint density at radius 1 is 1.36 bits per heavy atom. The molecule has 1 N–H and O–H groups in total. The predicted octanol–water partition coefficient (Wildman–Crippen LogP) is 0.856. The Balaban J connectivity index is 2.48. The van der Waals surface area contributed by atoms with Crippen LogP contribution in [0.1, 0.15) is 33.1 Å². The molecule has 0 aromatic carbocycles. The van der Waals surface area contributed by atoms with Crippen LogP contribution in [0, 0.1) is 5.41 Å². The summed E-state index contributed by atoms with van der Waals surface area (Å²) in [7, 11) is 0. The van der Waals surface area contributed by atoms with Gasteiger partial charge in [-0.2, -0.15) is 0 Å². The number of rotatable bonds is 5. The summed E-state index contributed by atoms with van der Waals surface area (Å²) in [5, 5.41) is 2.73. The van der Waals surface area contributed by atoms with E-state index in [4.69, 9.17) is 4.74 Å². The molecule has 0 aliphatic heterocycles. The zero-order valence-electron chi connectivity index (χ0n) is 8.76. The lowest BCUT2D eigenvalue weighted by Gasteiger charge is -2.13. The zero-order chi connectivity index (χ0) is 10.6. The molecule has 1 fully saturated rings. The van der Waals surface area contributed by atoms with Gasteiger partial charge in [-0.15, -0.1) is 0 Å². The molecule has 0 radical (unpaired) electrons. The number of hydrogen-bond acceptors (Lipinski definition) is 3. The minimum Gasteiger partial charge on any atom is -0.465 e. The first-order valence-electron chi connectivity index (χ1n) is 5.13. The van der Waals surface area contributed by atoms with Gasteiger partial charge in [0.1, 0.15) is 5.41 Å². The van der Waals surface area contributed by atoms with Crippen molar-refractivity contribution < 1.29 is 14.3 Å². The van der Waals surface area contributed by atoms with E-state index in [0.29, 0.717) is 26.0 Å². The van der Waals surface area contributed by atoms with Crippen LogP contribution in [0.2, 0.25) is 0 Å². The van der Waals surface area contributed by atoms with Gasteiger partial charge in [0.15, 0.2) is 0 Å². The molecular weight excluding hydrogens is 182 g/mol. The van der Waals surface area contributed by atoms with E-state index in [1.165, 1.54) is 0 Å². The Kier molecular flexibility index (Phi) is 3.49. The molecule has 0 saturated heterocycles. The summed E-state index contributed by atoms with van der Waals surface area (Å²) in [4.78, 5) is 23.0. The number of amides is 1. The van der Waals surface area contributed by atoms with Crippen molar-refractivity contribution >= 4 is 11.9 Å². The van der Waals surface area contributed by atoms with E-state index in [0.717, 1.165) is 6.42 Å². The molecule has 0 aromatic rings. The Labute approximate surface area is 84.0 Å². The highest BCUT2D eigenvalue weighted by Crippen LogP contribution is 2.46. The average molecular weight is 199 g/mol. The van der Waals surface area contributed by atoms with Crippen LogP contribution in [-0.4, -0.2) is 25.0 Å². The fourth-order valence-corrected chi connectivity index (χ4v) is 1.33. The number of hydrogen-bond donors (Lipinski definition) is 1. The third-order valence-electron chi connectivity index (χ3n) is 2.39. The van der Waals surface area contributed by atoms with E-state index in [1.807, 2.05) is 6.92 Å². The molecule has 0 spiro atoms. The number of esters is 1. The van der Waals surface area contributed by atoms with Crippen LogP contribution in [0.5, 0.6) is 0 Å². The summed E-state index contributed by atoms with van der Waals surface area (Å²) in [6.45, 7) is 4.68. The van der Waals surface area contributed by atoms with Crippen LogP contribution in [0.3, 0.4) is 0 Å². The third-order valence-corrected chi connectivity index (χ3v) is 2.39. The van der Waals surface area contributed by atoms with E-state index in [9.17, 15) is 9.59 Å². The highest BCUT2D eigenvalue weighted by Gasteiger charge is 2.57. The maximum absolute atomic E-state index is 11.6. The Hall–Kier alpha value is -1.06. The quantitative estimate of drug-likeness (QED) is 0.527. The van der Waals surface area contributed by atoms with Crippen LogP contribution >= 0.6 is 0 Å². The van der Waals surface area contributed by atoms with Crippen molar-refractivity contribution in [1.82, 2.24) is 5.32 Å². The van der Waals surface area contributed by atoms with E-state index >= 15 is 0 Å². The van der Waals surface area contributed by atoms with Crippen LogP contribution in [0.4, 0.5) is 0 Å². The lowest BCUT2D eigenvalue weighted by Crippen LogP contribution is -2.38. The van der Waals surface area contributed by atoms with Gasteiger partial charge < -0.3 is 10.1 Å². The first kappa shape index (κ1) is 11.0. The minimum absolute atomic E-state index is 0.169. The van der Waals surface area contributed by atoms with Gasteiger partial charge in [0.05, 0.1) is 6.61 Å². The summed E-state index contributed by atoms with van der Waals surface area (Å²) in [6.07, 6.45) is 2.13. The summed E-state index contributed by atoms with van der Waals surface area (Å²) in [5.41, 5.74) is -0.842. The van der Waals surface area contributed by atoms with Gasteiger partial charge in [-0.3, -0.25) is 9.59 Å². The normalized spacial score (nSPS) is 17.3. The Morgan fingerprint density at radius 2 is 2.00 bits per heavy atom. The van der Waals surface area contributed by atoms with Crippen LogP contribution in [0.25, 0.3) is 0 Å². The van der Waals surface area contributed by atoms with Gasteiger partial charge in [-0.25, -0.2) is 0 Å². The fraction of sp³-hybridized carbons (Fsp3) is 0.800. The number of nitrogens with one attached hydrogen (secondary N) is 1. The van der Waals surface area contributed by atoms with Gasteiger partial charge in [-0.1, -0.05) is 6.92 Å². The van der Waals surface area contributed by atoms with E-state index in [-0.39, 0.29) is 11.9 Å². The standard InChI is InChI=1S/C10H17NO3/c1-3-7-11-8(12)10(5-6-10)9(13)14-4-2/h3-7H2,1-2H3,(H,11,12).